The fourth-order valence-corrected chi connectivity index (χ4v) is 3.15. The average molecular weight is 268 g/mol. The van der Waals surface area contributed by atoms with Crippen molar-refractivity contribution in [2.24, 2.45) is 0 Å². The molecule has 0 saturated carbocycles. The van der Waals surface area contributed by atoms with Crippen LogP contribution in [0.4, 0.5) is 0 Å². The molecule has 2 fully saturated rings. The SMILES string of the molecule is CCC1(CC)CC(N2CC(=O)NC(C)C2=O)CCO1. The summed E-state index contributed by atoms with van der Waals surface area (Å²) >= 11 is 0. The first-order chi connectivity index (χ1) is 9.01. The highest BCUT2D eigenvalue weighted by Gasteiger charge is 2.41. The van der Waals surface area contributed by atoms with Crippen LogP contribution in [0.25, 0.3) is 0 Å². The highest BCUT2D eigenvalue weighted by molar-refractivity contribution is 5.94. The van der Waals surface area contributed by atoms with Crippen LogP contribution in [0.1, 0.15) is 46.5 Å². The second-order valence-corrected chi connectivity index (χ2v) is 5.64. The maximum absolute atomic E-state index is 12.2. The van der Waals surface area contributed by atoms with Crippen molar-refractivity contribution >= 4 is 11.8 Å². The first-order valence-corrected chi connectivity index (χ1v) is 7.25. The molecule has 5 heteroatoms. The third-order valence-corrected chi connectivity index (χ3v) is 4.54. The Balaban J connectivity index is 2.12. The highest BCUT2D eigenvalue weighted by atomic mass is 16.5. The first-order valence-electron chi connectivity index (χ1n) is 7.25. The van der Waals surface area contributed by atoms with Gasteiger partial charge in [0, 0.05) is 12.6 Å². The molecule has 0 spiro atoms. The predicted molar refractivity (Wildman–Crippen MR) is 71.6 cm³/mol. The molecule has 2 heterocycles. The van der Waals surface area contributed by atoms with E-state index in [1.807, 2.05) is 0 Å². The van der Waals surface area contributed by atoms with Gasteiger partial charge in [0.25, 0.3) is 0 Å². The fraction of sp³-hybridized carbons (Fsp3) is 0.857. The summed E-state index contributed by atoms with van der Waals surface area (Å²) in [7, 11) is 0. The van der Waals surface area contributed by atoms with Crippen molar-refractivity contribution in [2.75, 3.05) is 13.2 Å². The molecule has 2 aliphatic rings. The normalized spacial score (nSPS) is 31.2. The molecule has 2 amide bonds. The Labute approximate surface area is 114 Å². The zero-order chi connectivity index (χ0) is 14.0. The van der Waals surface area contributed by atoms with Crippen molar-refractivity contribution in [3.63, 3.8) is 0 Å². The second-order valence-electron chi connectivity index (χ2n) is 5.64. The van der Waals surface area contributed by atoms with Crippen LogP contribution in [0, 0.1) is 0 Å². The lowest BCUT2D eigenvalue weighted by Crippen LogP contribution is -2.61. The summed E-state index contributed by atoms with van der Waals surface area (Å²) in [4.78, 5) is 25.6. The van der Waals surface area contributed by atoms with E-state index < -0.39 is 6.04 Å². The van der Waals surface area contributed by atoms with Crippen molar-refractivity contribution in [3.8, 4) is 0 Å². The van der Waals surface area contributed by atoms with Crippen molar-refractivity contribution in [1.82, 2.24) is 10.2 Å². The fourth-order valence-electron chi connectivity index (χ4n) is 3.15. The number of nitrogens with one attached hydrogen (secondary N) is 1. The minimum atomic E-state index is -0.401. The van der Waals surface area contributed by atoms with E-state index in [2.05, 4.69) is 19.2 Å². The van der Waals surface area contributed by atoms with Gasteiger partial charge in [-0.1, -0.05) is 13.8 Å². The number of rotatable bonds is 3. The Morgan fingerprint density at radius 1 is 1.37 bits per heavy atom. The number of amides is 2. The molecule has 0 aliphatic carbocycles. The number of hydrogen-bond acceptors (Lipinski definition) is 3. The van der Waals surface area contributed by atoms with Gasteiger partial charge >= 0.3 is 0 Å². The van der Waals surface area contributed by atoms with Crippen LogP contribution >= 0.6 is 0 Å². The lowest BCUT2D eigenvalue weighted by Gasteiger charge is -2.45. The van der Waals surface area contributed by atoms with Crippen LogP contribution in [0.2, 0.25) is 0 Å². The van der Waals surface area contributed by atoms with E-state index in [9.17, 15) is 9.59 Å². The predicted octanol–water partition coefficient (Wildman–Crippen LogP) is 1.07. The Kier molecular flexibility index (Phi) is 4.13. The van der Waals surface area contributed by atoms with Crippen LogP contribution in [-0.4, -0.2) is 47.6 Å². The van der Waals surface area contributed by atoms with Gasteiger partial charge in [0.1, 0.15) is 6.04 Å². The zero-order valence-electron chi connectivity index (χ0n) is 12.1. The molecule has 2 saturated heterocycles. The second kappa shape index (κ2) is 5.49. The van der Waals surface area contributed by atoms with Crippen molar-refractivity contribution in [1.29, 1.82) is 0 Å². The third-order valence-electron chi connectivity index (χ3n) is 4.54. The molecule has 0 radical (unpaired) electrons. The minimum absolute atomic E-state index is 0.0348. The van der Waals surface area contributed by atoms with E-state index >= 15 is 0 Å². The van der Waals surface area contributed by atoms with Gasteiger partial charge in [-0.3, -0.25) is 9.59 Å². The van der Waals surface area contributed by atoms with Gasteiger partial charge in [0.05, 0.1) is 12.1 Å². The Morgan fingerprint density at radius 2 is 2.05 bits per heavy atom. The van der Waals surface area contributed by atoms with E-state index in [4.69, 9.17) is 4.74 Å². The summed E-state index contributed by atoms with van der Waals surface area (Å²) in [5.74, 6) is -0.0233. The number of carbonyl (C=O) groups excluding carboxylic acids is 2. The van der Waals surface area contributed by atoms with Crippen LogP contribution in [0.15, 0.2) is 0 Å². The maximum atomic E-state index is 12.2. The summed E-state index contributed by atoms with van der Waals surface area (Å²) in [6.45, 7) is 6.86. The van der Waals surface area contributed by atoms with Gasteiger partial charge in [0.2, 0.25) is 11.8 Å². The number of hydrogen-bond donors (Lipinski definition) is 1. The van der Waals surface area contributed by atoms with Crippen LogP contribution in [-0.2, 0) is 14.3 Å². The van der Waals surface area contributed by atoms with E-state index in [-0.39, 0.29) is 30.0 Å². The summed E-state index contributed by atoms with van der Waals surface area (Å²) in [6.07, 6.45) is 3.56. The molecule has 2 atom stereocenters. The van der Waals surface area contributed by atoms with Crippen molar-refractivity contribution < 1.29 is 14.3 Å². The molecule has 2 aliphatic heterocycles. The van der Waals surface area contributed by atoms with Crippen molar-refractivity contribution in [2.45, 2.75) is 64.1 Å². The van der Waals surface area contributed by atoms with E-state index in [1.165, 1.54) is 0 Å². The molecule has 1 N–H and O–H groups in total. The standard InChI is InChI=1S/C14H24N2O3/c1-4-14(5-2)8-11(6-7-19-14)16-9-12(17)15-10(3)13(16)18/h10-11H,4-9H2,1-3H3,(H,15,17). The van der Waals surface area contributed by atoms with Gasteiger partial charge in [-0.15, -0.1) is 0 Å². The number of nitrogens with zero attached hydrogens (tertiary/aromatic N) is 1. The molecular formula is C14H24N2O3. The highest BCUT2D eigenvalue weighted by Crippen LogP contribution is 2.34. The molecule has 0 aromatic carbocycles. The number of ether oxygens (including phenoxy) is 1. The largest absolute Gasteiger partial charge is 0.375 e. The number of piperazine rings is 1. The molecule has 2 unspecified atom stereocenters. The minimum Gasteiger partial charge on any atom is -0.375 e. The average Bonchev–Trinajstić information content (AvgIpc) is 2.42. The van der Waals surface area contributed by atoms with Gasteiger partial charge in [-0.05, 0) is 32.6 Å². The maximum Gasteiger partial charge on any atom is 0.245 e. The van der Waals surface area contributed by atoms with Gasteiger partial charge in [-0.25, -0.2) is 0 Å². The van der Waals surface area contributed by atoms with Crippen molar-refractivity contribution in [3.05, 3.63) is 0 Å². The lowest BCUT2D eigenvalue weighted by molar-refractivity contribution is -0.154. The third kappa shape index (κ3) is 2.76. The van der Waals surface area contributed by atoms with Crippen LogP contribution in [0.5, 0.6) is 0 Å². The topological polar surface area (TPSA) is 58.6 Å². The summed E-state index contributed by atoms with van der Waals surface area (Å²) in [5.41, 5.74) is -0.125. The molecule has 0 aromatic rings. The van der Waals surface area contributed by atoms with Gasteiger partial charge in [0.15, 0.2) is 0 Å². The summed E-state index contributed by atoms with van der Waals surface area (Å²) in [6, 6.07) is -0.267. The van der Waals surface area contributed by atoms with E-state index in [1.54, 1.807) is 11.8 Å². The molecule has 0 aromatic heterocycles. The van der Waals surface area contributed by atoms with Gasteiger partial charge < -0.3 is 15.0 Å². The lowest BCUT2D eigenvalue weighted by atomic mass is 9.85. The smallest absolute Gasteiger partial charge is 0.245 e. The number of carbonyl (C=O) groups is 2. The van der Waals surface area contributed by atoms with E-state index in [0.29, 0.717) is 6.61 Å². The van der Waals surface area contributed by atoms with Crippen LogP contribution in [0.3, 0.4) is 0 Å². The molecule has 5 nitrogen and oxygen atoms in total. The van der Waals surface area contributed by atoms with Crippen LogP contribution < -0.4 is 5.32 Å². The van der Waals surface area contributed by atoms with Gasteiger partial charge in [-0.2, -0.15) is 0 Å². The Bertz CT molecular complexity index is 366. The molecule has 0 bridgehead atoms. The molecule has 2 rings (SSSR count). The quantitative estimate of drug-likeness (QED) is 0.833. The zero-order valence-corrected chi connectivity index (χ0v) is 12.1. The molecule has 19 heavy (non-hydrogen) atoms. The molecular weight excluding hydrogens is 244 g/mol. The Hall–Kier alpha value is -1.10. The first kappa shape index (κ1) is 14.3. The molecule has 108 valence electrons. The Morgan fingerprint density at radius 3 is 2.68 bits per heavy atom. The van der Waals surface area contributed by atoms with E-state index in [0.717, 1.165) is 25.7 Å². The summed E-state index contributed by atoms with van der Waals surface area (Å²) < 4.78 is 5.94. The monoisotopic (exact) mass is 268 g/mol. The summed E-state index contributed by atoms with van der Waals surface area (Å²) in [5, 5.41) is 2.69.